The minimum absolute atomic E-state index is 0. The Morgan fingerprint density at radius 3 is 1.92 bits per heavy atom. The van der Waals surface area contributed by atoms with Crippen LogP contribution in [0.2, 0.25) is 0 Å². The molecule has 1 fully saturated rings. The maximum absolute atomic E-state index is 8.74. The van der Waals surface area contributed by atoms with Gasteiger partial charge < -0.3 is 11.1 Å². The molecule has 1 aliphatic heterocycles. The predicted molar refractivity (Wildman–Crippen MR) is 39.4 cm³/mol. The molecule has 1 saturated heterocycles. The minimum Gasteiger partial charge on any atom is -0.316 e. The van der Waals surface area contributed by atoms with Gasteiger partial charge in [0.2, 0.25) is 0 Å². The van der Waals surface area contributed by atoms with Gasteiger partial charge >= 0.3 is 10.4 Å². The van der Waals surface area contributed by atoms with Crippen molar-refractivity contribution in [1.29, 1.82) is 0 Å². The smallest absolute Gasteiger partial charge is 0.316 e. The molecule has 0 saturated carbocycles. The fraction of sp³-hybridized carbons (Fsp3) is 1.00. The first-order valence-corrected chi connectivity index (χ1v) is 4.48. The number of rotatable bonds is 0. The summed E-state index contributed by atoms with van der Waals surface area (Å²) in [5, 5.41) is 3.10. The molecule has 1 atom stereocenters. The number of nitrogens with one attached hydrogen (secondary N) is 1. The van der Waals surface area contributed by atoms with Crippen LogP contribution < -0.4 is 11.1 Å². The Hall–Kier alpha value is 0.478. The average molecular weight is 379 g/mol. The van der Waals surface area contributed by atoms with Crippen LogP contribution in [0.15, 0.2) is 0 Å². The molecule has 0 aromatic heterocycles. The Kier molecular flexibility index (Phi) is 8.66. The van der Waals surface area contributed by atoms with E-state index in [4.69, 9.17) is 23.3 Å². The molecule has 0 spiro atoms. The van der Waals surface area contributed by atoms with Gasteiger partial charge in [0.1, 0.15) is 0 Å². The Morgan fingerprint density at radius 2 is 1.83 bits per heavy atom. The van der Waals surface area contributed by atoms with Crippen LogP contribution in [0.25, 0.3) is 0 Å². The van der Waals surface area contributed by atoms with E-state index in [0.717, 1.165) is 13.0 Å². The molecular formula is C4H12N2O4PtS. The van der Waals surface area contributed by atoms with E-state index in [2.05, 4.69) is 5.32 Å². The molecule has 0 aliphatic carbocycles. The van der Waals surface area contributed by atoms with Gasteiger partial charge in [-0.1, -0.05) is 0 Å². The Bertz CT molecular complexity index is 181. The van der Waals surface area contributed by atoms with E-state index in [1.807, 2.05) is 0 Å². The van der Waals surface area contributed by atoms with Crippen molar-refractivity contribution in [1.82, 2.24) is 5.32 Å². The van der Waals surface area contributed by atoms with E-state index in [1.54, 1.807) is 0 Å². The van der Waals surface area contributed by atoms with E-state index >= 15 is 0 Å². The van der Waals surface area contributed by atoms with E-state index in [0.29, 0.717) is 6.17 Å². The maximum atomic E-state index is 8.74. The van der Waals surface area contributed by atoms with Crippen molar-refractivity contribution in [3.8, 4) is 0 Å². The number of hydrogen-bond donors (Lipinski definition) is 4. The van der Waals surface area contributed by atoms with E-state index in [9.17, 15) is 0 Å². The normalized spacial score (nSPS) is 22.1. The molecule has 0 radical (unpaired) electrons. The van der Waals surface area contributed by atoms with Gasteiger partial charge in [0.25, 0.3) is 0 Å². The SMILES string of the molecule is N[C@H]1CCCN1.O=S(=O)(O)O.[Pt]. The van der Waals surface area contributed by atoms with Crippen molar-refractivity contribution in [2.75, 3.05) is 6.54 Å². The number of hydrogen-bond acceptors (Lipinski definition) is 4. The molecule has 0 aromatic carbocycles. The minimum atomic E-state index is -4.67. The quantitative estimate of drug-likeness (QED) is 0.402. The number of nitrogens with two attached hydrogens (primary N) is 1. The van der Waals surface area contributed by atoms with Crippen molar-refractivity contribution in [2.24, 2.45) is 5.73 Å². The van der Waals surface area contributed by atoms with Gasteiger partial charge in [0.15, 0.2) is 0 Å². The third kappa shape index (κ3) is 16.8. The molecular weight excluding hydrogens is 367 g/mol. The Labute approximate surface area is 85.7 Å². The summed E-state index contributed by atoms with van der Waals surface area (Å²) in [6, 6.07) is 0. The molecule has 0 bridgehead atoms. The van der Waals surface area contributed by atoms with Gasteiger partial charge in [0, 0.05) is 21.1 Å². The monoisotopic (exact) mass is 379 g/mol. The molecule has 0 amide bonds. The average Bonchev–Trinajstić information content (AvgIpc) is 2.12. The third-order valence-corrected chi connectivity index (χ3v) is 1.10. The Balaban J connectivity index is 0. The van der Waals surface area contributed by atoms with Gasteiger partial charge in [-0.3, -0.25) is 9.11 Å². The van der Waals surface area contributed by atoms with Crippen LogP contribution in [0.4, 0.5) is 0 Å². The van der Waals surface area contributed by atoms with E-state index in [-0.39, 0.29) is 21.1 Å². The second kappa shape index (κ2) is 6.94. The van der Waals surface area contributed by atoms with Gasteiger partial charge in [-0.15, -0.1) is 0 Å². The van der Waals surface area contributed by atoms with Crippen LogP contribution in [0.1, 0.15) is 12.8 Å². The summed E-state index contributed by atoms with van der Waals surface area (Å²) >= 11 is 0. The maximum Gasteiger partial charge on any atom is 0.394 e. The first-order chi connectivity index (χ1) is 4.89. The van der Waals surface area contributed by atoms with Gasteiger partial charge in [-0.25, -0.2) is 0 Å². The summed E-state index contributed by atoms with van der Waals surface area (Å²) in [5.74, 6) is 0. The summed E-state index contributed by atoms with van der Waals surface area (Å²) in [6.07, 6.45) is 2.70. The summed E-state index contributed by atoms with van der Waals surface area (Å²) < 4.78 is 31.6. The summed E-state index contributed by atoms with van der Waals surface area (Å²) in [7, 11) is -4.67. The molecule has 5 N–H and O–H groups in total. The molecule has 78 valence electrons. The second-order valence-electron chi connectivity index (χ2n) is 2.15. The van der Waals surface area contributed by atoms with Crippen molar-refractivity contribution >= 4 is 10.4 Å². The standard InChI is InChI=1S/C4H10N2.H2O4S.Pt/c5-4-2-1-3-6-4;1-5(2,3)4;/h4,6H,1-3,5H2;(H2,1,2,3,4);/t4-;;/m1../s1. The molecule has 1 aliphatic rings. The van der Waals surface area contributed by atoms with Crippen LogP contribution in [-0.2, 0) is 31.5 Å². The first kappa shape index (κ1) is 15.0. The zero-order valence-electron chi connectivity index (χ0n) is 6.21. The zero-order chi connectivity index (χ0) is 8.91. The van der Waals surface area contributed by atoms with Crippen LogP contribution in [0, 0.1) is 0 Å². The van der Waals surface area contributed by atoms with Gasteiger partial charge in [-0.2, -0.15) is 8.42 Å². The Morgan fingerprint density at radius 1 is 1.42 bits per heavy atom. The topological polar surface area (TPSA) is 113 Å². The molecule has 0 unspecified atom stereocenters. The van der Waals surface area contributed by atoms with E-state index in [1.165, 1.54) is 6.42 Å². The molecule has 6 nitrogen and oxygen atoms in total. The molecule has 12 heavy (non-hydrogen) atoms. The molecule has 1 heterocycles. The largest absolute Gasteiger partial charge is 0.394 e. The van der Waals surface area contributed by atoms with Crippen molar-refractivity contribution in [3.63, 3.8) is 0 Å². The molecule has 8 heteroatoms. The first-order valence-electron chi connectivity index (χ1n) is 3.08. The van der Waals surface area contributed by atoms with E-state index < -0.39 is 10.4 Å². The fourth-order valence-electron chi connectivity index (χ4n) is 0.711. The van der Waals surface area contributed by atoms with Crippen molar-refractivity contribution in [3.05, 3.63) is 0 Å². The van der Waals surface area contributed by atoms with Crippen LogP contribution in [0.5, 0.6) is 0 Å². The van der Waals surface area contributed by atoms with Crippen LogP contribution in [0.3, 0.4) is 0 Å². The summed E-state index contributed by atoms with van der Waals surface area (Å²) in [5.41, 5.74) is 5.42. The van der Waals surface area contributed by atoms with Crippen molar-refractivity contribution < 1.29 is 38.6 Å². The van der Waals surface area contributed by atoms with Crippen LogP contribution in [-0.4, -0.2) is 30.2 Å². The molecule has 1 rings (SSSR count). The van der Waals surface area contributed by atoms with Gasteiger partial charge in [-0.05, 0) is 19.4 Å². The fourth-order valence-corrected chi connectivity index (χ4v) is 0.711. The third-order valence-electron chi connectivity index (χ3n) is 1.10. The second-order valence-corrected chi connectivity index (χ2v) is 3.05. The van der Waals surface area contributed by atoms with Gasteiger partial charge in [0.05, 0.1) is 6.17 Å². The van der Waals surface area contributed by atoms with Crippen molar-refractivity contribution in [2.45, 2.75) is 19.0 Å². The predicted octanol–water partition coefficient (Wildman–Crippen LogP) is -1.00. The summed E-state index contributed by atoms with van der Waals surface area (Å²) in [4.78, 5) is 0. The zero-order valence-corrected chi connectivity index (χ0v) is 9.30. The molecule has 0 aromatic rings. The summed E-state index contributed by atoms with van der Waals surface area (Å²) in [6.45, 7) is 1.11. The van der Waals surface area contributed by atoms with Crippen LogP contribution >= 0.6 is 0 Å².